The standard InChI is InChI=1S/C21H19FN4O3/c1-29-20-15(7-3-9-23-20)16-12-18(27)25-19(24-16)17-8-4-10-26(17)21(28)13-5-2-6-14(22)11-13/h2-3,5-7,9,11-12,17H,4,8,10H2,1H3,(H,24,25,27)/t17-/m1/s1. The fourth-order valence-corrected chi connectivity index (χ4v) is 3.60. The average molecular weight is 394 g/mol. The number of carbonyl (C=O) groups is 1. The third-order valence-electron chi connectivity index (χ3n) is 4.90. The van der Waals surface area contributed by atoms with Crippen LogP contribution in [0.15, 0.2) is 53.5 Å². The molecule has 0 unspecified atom stereocenters. The van der Waals surface area contributed by atoms with Gasteiger partial charge in [-0.05, 0) is 43.2 Å². The molecule has 8 heteroatoms. The Balaban J connectivity index is 1.71. The first-order chi connectivity index (χ1) is 14.1. The molecule has 148 valence electrons. The zero-order chi connectivity index (χ0) is 20.4. The summed E-state index contributed by atoms with van der Waals surface area (Å²) in [5, 5.41) is 0. The van der Waals surface area contributed by atoms with E-state index in [9.17, 15) is 14.0 Å². The minimum absolute atomic E-state index is 0.268. The van der Waals surface area contributed by atoms with Crippen molar-refractivity contribution in [3.8, 4) is 17.1 Å². The van der Waals surface area contributed by atoms with Crippen molar-refractivity contribution in [2.45, 2.75) is 18.9 Å². The molecule has 1 saturated heterocycles. The van der Waals surface area contributed by atoms with Gasteiger partial charge in [-0.3, -0.25) is 9.59 Å². The van der Waals surface area contributed by atoms with E-state index in [0.717, 1.165) is 6.42 Å². The van der Waals surface area contributed by atoms with Crippen LogP contribution in [0.1, 0.15) is 35.1 Å². The Kier molecular flexibility index (Phi) is 5.07. The van der Waals surface area contributed by atoms with Gasteiger partial charge in [-0.15, -0.1) is 0 Å². The van der Waals surface area contributed by atoms with E-state index < -0.39 is 11.9 Å². The van der Waals surface area contributed by atoms with Crippen molar-refractivity contribution in [2.75, 3.05) is 13.7 Å². The van der Waals surface area contributed by atoms with E-state index in [1.165, 1.54) is 31.4 Å². The van der Waals surface area contributed by atoms with Crippen molar-refractivity contribution in [3.63, 3.8) is 0 Å². The normalized spacial score (nSPS) is 16.1. The highest BCUT2D eigenvalue weighted by atomic mass is 19.1. The summed E-state index contributed by atoms with van der Waals surface area (Å²) in [4.78, 5) is 38.4. The first kappa shape index (κ1) is 18.8. The summed E-state index contributed by atoms with van der Waals surface area (Å²) in [6.07, 6.45) is 3.00. The third-order valence-corrected chi connectivity index (χ3v) is 4.90. The van der Waals surface area contributed by atoms with E-state index in [1.807, 2.05) is 0 Å². The molecule has 1 amide bonds. The van der Waals surface area contributed by atoms with Gasteiger partial charge in [-0.2, -0.15) is 0 Å². The molecule has 1 N–H and O–H groups in total. The van der Waals surface area contributed by atoms with Gasteiger partial charge in [0, 0.05) is 24.4 Å². The lowest BCUT2D eigenvalue weighted by Gasteiger charge is -2.24. The number of amides is 1. The van der Waals surface area contributed by atoms with E-state index in [1.54, 1.807) is 29.3 Å². The molecule has 0 spiro atoms. The van der Waals surface area contributed by atoms with Gasteiger partial charge >= 0.3 is 0 Å². The molecule has 1 aliphatic rings. The Morgan fingerprint density at radius 3 is 2.93 bits per heavy atom. The van der Waals surface area contributed by atoms with Crippen LogP contribution >= 0.6 is 0 Å². The lowest BCUT2D eigenvalue weighted by Crippen LogP contribution is -2.32. The number of hydrogen-bond acceptors (Lipinski definition) is 5. The van der Waals surface area contributed by atoms with E-state index >= 15 is 0 Å². The number of benzene rings is 1. The van der Waals surface area contributed by atoms with Crippen LogP contribution in [0.25, 0.3) is 11.3 Å². The Morgan fingerprint density at radius 1 is 1.28 bits per heavy atom. The molecule has 1 aromatic carbocycles. The van der Waals surface area contributed by atoms with Crippen LogP contribution in [-0.4, -0.2) is 39.4 Å². The van der Waals surface area contributed by atoms with E-state index in [0.29, 0.717) is 35.9 Å². The number of nitrogens with zero attached hydrogens (tertiary/aromatic N) is 3. The highest BCUT2D eigenvalue weighted by molar-refractivity contribution is 5.94. The quantitative estimate of drug-likeness (QED) is 0.735. The number of nitrogens with one attached hydrogen (secondary N) is 1. The largest absolute Gasteiger partial charge is 0.481 e. The number of aromatic amines is 1. The number of likely N-dealkylation sites (tertiary alicyclic amines) is 1. The van der Waals surface area contributed by atoms with Crippen molar-refractivity contribution in [1.29, 1.82) is 0 Å². The summed E-state index contributed by atoms with van der Waals surface area (Å²) in [6.45, 7) is 0.504. The zero-order valence-corrected chi connectivity index (χ0v) is 15.8. The van der Waals surface area contributed by atoms with Gasteiger partial charge in [0.2, 0.25) is 5.88 Å². The minimum Gasteiger partial charge on any atom is -0.481 e. The molecule has 3 heterocycles. The van der Waals surface area contributed by atoms with Gasteiger partial charge in [0.1, 0.15) is 11.6 Å². The van der Waals surface area contributed by atoms with Gasteiger partial charge < -0.3 is 14.6 Å². The predicted molar refractivity (Wildman–Crippen MR) is 104 cm³/mol. The summed E-state index contributed by atoms with van der Waals surface area (Å²) in [7, 11) is 1.50. The molecule has 1 aliphatic heterocycles. The molecule has 29 heavy (non-hydrogen) atoms. The fourth-order valence-electron chi connectivity index (χ4n) is 3.60. The van der Waals surface area contributed by atoms with E-state index in [4.69, 9.17) is 4.74 Å². The Hall–Kier alpha value is -3.55. The van der Waals surface area contributed by atoms with Crippen LogP contribution in [0.4, 0.5) is 4.39 Å². The SMILES string of the molecule is COc1ncccc1-c1cc(=O)[nH]c([C@H]2CCCN2C(=O)c2cccc(F)c2)n1. The Morgan fingerprint density at radius 2 is 2.14 bits per heavy atom. The van der Waals surface area contributed by atoms with Crippen LogP contribution in [0.5, 0.6) is 5.88 Å². The van der Waals surface area contributed by atoms with Gasteiger partial charge in [0.25, 0.3) is 11.5 Å². The maximum absolute atomic E-state index is 13.6. The summed E-state index contributed by atoms with van der Waals surface area (Å²) in [5.74, 6) is -0.0147. The number of pyridine rings is 1. The minimum atomic E-state index is -0.469. The van der Waals surface area contributed by atoms with Gasteiger partial charge in [-0.25, -0.2) is 14.4 Å². The molecule has 0 saturated carbocycles. The zero-order valence-electron chi connectivity index (χ0n) is 15.8. The fraction of sp³-hybridized carbons (Fsp3) is 0.238. The van der Waals surface area contributed by atoms with Crippen molar-refractivity contribution in [1.82, 2.24) is 19.9 Å². The molecule has 0 bridgehead atoms. The van der Waals surface area contributed by atoms with Gasteiger partial charge in [0.05, 0.1) is 24.4 Å². The molecule has 3 aromatic rings. The maximum Gasteiger partial charge on any atom is 0.254 e. The molecular formula is C21H19FN4O3. The summed E-state index contributed by atoms with van der Waals surface area (Å²) < 4.78 is 18.8. The Bertz CT molecular complexity index is 1110. The van der Waals surface area contributed by atoms with Crippen molar-refractivity contribution in [3.05, 3.63) is 76.2 Å². The second-order valence-electron chi connectivity index (χ2n) is 6.74. The molecule has 1 fully saturated rings. The number of carbonyl (C=O) groups excluding carboxylic acids is 1. The first-order valence-corrected chi connectivity index (χ1v) is 9.24. The number of H-pyrrole nitrogens is 1. The second-order valence-corrected chi connectivity index (χ2v) is 6.74. The third kappa shape index (κ3) is 3.73. The van der Waals surface area contributed by atoms with Crippen LogP contribution < -0.4 is 10.3 Å². The summed E-state index contributed by atoms with van der Waals surface area (Å²) in [6, 6.07) is 10.1. The summed E-state index contributed by atoms with van der Waals surface area (Å²) >= 11 is 0. The van der Waals surface area contributed by atoms with Crippen LogP contribution in [0.3, 0.4) is 0 Å². The van der Waals surface area contributed by atoms with Crippen LogP contribution in [0, 0.1) is 5.82 Å². The van der Waals surface area contributed by atoms with Gasteiger partial charge in [0.15, 0.2) is 0 Å². The molecule has 4 rings (SSSR count). The molecule has 0 radical (unpaired) electrons. The van der Waals surface area contributed by atoms with Crippen LogP contribution in [0.2, 0.25) is 0 Å². The Labute approximate surface area is 166 Å². The molecule has 1 atom stereocenters. The maximum atomic E-state index is 13.6. The number of aromatic nitrogens is 3. The highest BCUT2D eigenvalue weighted by Crippen LogP contribution is 2.32. The second kappa shape index (κ2) is 7.83. The molecule has 2 aromatic heterocycles. The number of halogens is 1. The summed E-state index contributed by atoms with van der Waals surface area (Å²) in [5.41, 5.74) is 0.937. The number of ether oxygens (including phenoxy) is 1. The first-order valence-electron chi connectivity index (χ1n) is 9.24. The van der Waals surface area contributed by atoms with E-state index in [-0.39, 0.29) is 17.0 Å². The predicted octanol–water partition coefficient (Wildman–Crippen LogP) is 2.96. The number of rotatable bonds is 4. The van der Waals surface area contributed by atoms with Crippen molar-refractivity contribution < 1.29 is 13.9 Å². The number of hydrogen-bond donors (Lipinski definition) is 1. The van der Waals surface area contributed by atoms with Crippen LogP contribution in [-0.2, 0) is 0 Å². The number of methoxy groups -OCH3 is 1. The smallest absolute Gasteiger partial charge is 0.254 e. The monoisotopic (exact) mass is 394 g/mol. The average Bonchev–Trinajstić information content (AvgIpc) is 3.22. The van der Waals surface area contributed by atoms with Gasteiger partial charge in [-0.1, -0.05) is 6.07 Å². The highest BCUT2D eigenvalue weighted by Gasteiger charge is 2.32. The lowest BCUT2D eigenvalue weighted by molar-refractivity contribution is 0.0729. The van der Waals surface area contributed by atoms with E-state index in [2.05, 4.69) is 15.0 Å². The molecule has 7 nitrogen and oxygen atoms in total. The molecule has 0 aliphatic carbocycles. The lowest BCUT2D eigenvalue weighted by atomic mass is 10.1. The van der Waals surface area contributed by atoms with Crippen molar-refractivity contribution >= 4 is 5.91 Å². The molecular weight excluding hydrogens is 375 g/mol. The van der Waals surface area contributed by atoms with Crippen molar-refractivity contribution in [2.24, 2.45) is 0 Å². The topological polar surface area (TPSA) is 88.2 Å².